The molecule has 0 aromatic heterocycles. The molecule has 0 spiro atoms. The van der Waals surface area contributed by atoms with Crippen LogP contribution in [-0.2, 0) is 16.0 Å². The van der Waals surface area contributed by atoms with Gasteiger partial charge in [-0.3, -0.25) is 14.5 Å². The summed E-state index contributed by atoms with van der Waals surface area (Å²) in [7, 11) is 0. The third kappa shape index (κ3) is 2.98. The van der Waals surface area contributed by atoms with Crippen molar-refractivity contribution in [1.29, 1.82) is 0 Å². The van der Waals surface area contributed by atoms with Crippen molar-refractivity contribution in [3.05, 3.63) is 29.8 Å². The summed E-state index contributed by atoms with van der Waals surface area (Å²) in [5.41, 5.74) is 2.25. The second-order valence-electron chi connectivity index (χ2n) is 6.71. The minimum absolute atomic E-state index is 0.122. The Morgan fingerprint density at radius 2 is 1.87 bits per heavy atom. The molecular formula is C18H24N2O3. The smallest absolute Gasteiger partial charge is 0.306 e. The van der Waals surface area contributed by atoms with Crippen molar-refractivity contribution in [1.82, 2.24) is 4.90 Å². The van der Waals surface area contributed by atoms with Gasteiger partial charge in [-0.25, -0.2) is 0 Å². The molecule has 2 atom stereocenters. The van der Waals surface area contributed by atoms with Gasteiger partial charge in [-0.2, -0.15) is 0 Å². The largest absolute Gasteiger partial charge is 0.481 e. The molecule has 1 amide bonds. The van der Waals surface area contributed by atoms with Gasteiger partial charge >= 0.3 is 5.97 Å². The van der Waals surface area contributed by atoms with Gasteiger partial charge in [-0.05, 0) is 57.8 Å². The normalized spacial score (nSPS) is 23.6. The lowest BCUT2D eigenvalue weighted by atomic mass is 9.96. The predicted molar refractivity (Wildman–Crippen MR) is 88.5 cm³/mol. The summed E-state index contributed by atoms with van der Waals surface area (Å²) in [6.45, 7) is 5.37. The van der Waals surface area contributed by atoms with Gasteiger partial charge in [0.25, 0.3) is 0 Å². The van der Waals surface area contributed by atoms with Crippen molar-refractivity contribution < 1.29 is 14.7 Å². The SMILES string of the molecule is CC(C(=O)N1c2ccccc2CC1C)N1CCC(C(=O)O)CC1. The predicted octanol–water partition coefficient (Wildman–Crippen LogP) is 2.15. The summed E-state index contributed by atoms with van der Waals surface area (Å²) in [6.07, 6.45) is 2.15. The van der Waals surface area contributed by atoms with Gasteiger partial charge in [0.05, 0.1) is 12.0 Å². The average Bonchev–Trinajstić information content (AvgIpc) is 2.89. The van der Waals surface area contributed by atoms with Crippen molar-refractivity contribution in [3.8, 4) is 0 Å². The number of likely N-dealkylation sites (tertiary alicyclic amines) is 1. The van der Waals surface area contributed by atoms with E-state index >= 15 is 0 Å². The molecule has 2 aliphatic heterocycles. The van der Waals surface area contributed by atoms with Crippen molar-refractivity contribution in [3.63, 3.8) is 0 Å². The molecule has 0 radical (unpaired) electrons. The summed E-state index contributed by atoms with van der Waals surface area (Å²) in [5.74, 6) is -0.859. The molecule has 2 aliphatic rings. The Labute approximate surface area is 136 Å². The molecule has 1 fully saturated rings. The second-order valence-corrected chi connectivity index (χ2v) is 6.71. The Kier molecular flexibility index (Phi) is 4.39. The van der Waals surface area contributed by atoms with Gasteiger partial charge < -0.3 is 10.0 Å². The number of aliphatic carboxylic acids is 1. The summed E-state index contributed by atoms with van der Waals surface area (Å²) in [5, 5.41) is 9.10. The fourth-order valence-corrected chi connectivity index (χ4v) is 3.79. The molecule has 5 heteroatoms. The number of anilines is 1. The van der Waals surface area contributed by atoms with Gasteiger partial charge in [0.15, 0.2) is 0 Å². The number of carbonyl (C=O) groups excluding carboxylic acids is 1. The number of hydrogen-bond acceptors (Lipinski definition) is 3. The molecule has 1 aromatic carbocycles. The van der Waals surface area contributed by atoms with Crippen molar-refractivity contribution in [2.45, 2.75) is 45.2 Å². The molecule has 23 heavy (non-hydrogen) atoms. The monoisotopic (exact) mass is 316 g/mol. The molecule has 1 saturated heterocycles. The lowest BCUT2D eigenvalue weighted by Gasteiger charge is -2.36. The van der Waals surface area contributed by atoms with Crippen LogP contribution < -0.4 is 4.90 Å². The highest BCUT2D eigenvalue weighted by molar-refractivity contribution is 5.99. The highest BCUT2D eigenvalue weighted by atomic mass is 16.4. The van der Waals surface area contributed by atoms with Gasteiger partial charge in [-0.1, -0.05) is 18.2 Å². The van der Waals surface area contributed by atoms with Crippen LogP contribution in [0.25, 0.3) is 0 Å². The van der Waals surface area contributed by atoms with Crippen LogP contribution in [0.5, 0.6) is 0 Å². The molecule has 124 valence electrons. The van der Waals surface area contributed by atoms with Crippen LogP contribution >= 0.6 is 0 Å². The Bertz CT molecular complexity index is 608. The summed E-state index contributed by atoms with van der Waals surface area (Å²) in [4.78, 5) is 28.1. The molecule has 5 nitrogen and oxygen atoms in total. The van der Waals surface area contributed by atoms with Gasteiger partial charge in [0.2, 0.25) is 5.91 Å². The van der Waals surface area contributed by atoms with Gasteiger partial charge in [0.1, 0.15) is 0 Å². The first-order chi connectivity index (χ1) is 11.0. The first-order valence-corrected chi connectivity index (χ1v) is 8.37. The third-order valence-corrected chi connectivity index (χ3v) is 5.23. The first-order valence-electron chi connectivity index (χ1n) is 8.37. The third-order valence-electron chi connectivity index (χ3n) is 5.23. The summed E-state index contributed by atoms with van der Waals surface area (Å²) >= 11 is 0. The number of rotatable bonds is 3. The van der Waals surface area contributed by atoms with Crippen LogP contribution in [0.2, 0.25) is 0 Å². The number of benzene rings is 1. The number of hydrogen-bond donors (Lipinski definition) is 1. The number of amides is 1. The Balaban J connectivity index is 1.70. The van der Waals surface area contributed by atoms with E-state index in [2.05, 4.69) is 17.9 Å². The first kappa shape index (κ1) is 16.0. The lowest BCUT2D eigenvalue weighted by molar-refractivity contribution is -0.143. The molecule has 2 unspecified atom stereocenters. The van der Waals surface area contributed by atoms with Crippen LogP contribution in [-0.4, -0.2) is 47.1 Å². The molecule has 2 heterocycles. The van der Waals surface area contributed by atoms with Gasteiger partial charge in [-0.15, -0.1) is 0 Å². The van der Waals surface area contributed by atoms with Crippen LogP contribution in [0.15, 0.2) is 24.3 Å². The Morgan fingerprint density at radius 3 is 2.52 bits per heavy atom. The van der Waals surface area contributed by atoms with E-state index in [1.54, 1.807) is 0 Å². The zero-order chi connectivity index (χ0) is 16.6. The summed E-state index contributed by atoms with van der Waals surface area (Å²) < 4.78 is 0. The highest BCUT2D eigenvalue weighted by Crippen LogP contribution is 2.33. The molecule has 0 saturated carbocycles. The number of carboxylic acids is 1. The van der Waals surface area contributed by atoms with E-state index in [0.29, 0.717) is 25.9 Å². The fraction of sp³-hybridized carbons (Fsp3) is 0.556. The number of carboxylic acid groups (broad SMARTS) is 1. The molecule has 0 aliphatic carbocycles. The number of piperidine rings is 1. The average molecular weight is 316 g/mol. The zero-order valence-corrected chi connectivity index (χ0v) is 13.7. The minimum atomic E-state index is -0.717. The topological polar surface area (TPSA) is 60.9 Å². The van der Waals surface area contributed by atoms with Crippen molar-refractivity contribution in [2.75, 3.05) is 18.0 Å². The van der Waals surface area contributed by atoms with Crippen molar-refractivity contribution >= 4 is 17.6 Å². The van der Waals surface area contributed by atoms with E-state index in [4.69, 9.17) is 5.11 Å². The summed E-state index contributed by atoms with van der Waals surface area (Å²) in [6, 6.07) is 8.06. The number of nitrogens with zero attached hydrogens (tertiary/aromatic N) is 2. The maximum Gasteiger partial charge on any atom is 0.306 e. The maximum absolute atomic E-state index is 13.0. The number of fused-ring (bicyclic) bond motifs is 1. The van der Waals surface area contributed by atoms with Crippen LogP contribution in [0.3, 0.4) is 0 Å². The van der Waals surface area contributed by atoms with Crippen LogP contribution in [0, 0.1) is 5.92 Å². The molecular weight excluding hydrogens is 292 g/mol. The molecule has 1 aromatic rings. The molecule has 1 N–H and O–H groups in total. The van der Waals surface area contributed by atoms with E-state index < -0.39 is 5.97 Å². The van der Waals surface area contributed by atoms with E-state index in [1.165, 1.54) is 5.56 Å². The quantitative estimate of drug-likeness (QED) is 0.928. The van der Waals surface area contributed by atoms with E-state index in [1.807, 2.05) is 30.0 Å². The molecule has 3 rings (SSSR count). The number of carbonyl (C=O) groups is 2. The molecule has 0 bridgehead atoms. The van der Waals surface area contributed by atoms with Crippen LogP contribution in [0.1, 0.15) is 32.3 Å². The highest BCUT2D eigenvalue weighted by Gasteiger charge is 2.36. The van der Waals surface area contributed by atoms with Crippen molar-refractivity contribution in [2.24, 2.45) is 5.92 Å². The van der Waals surface area contributed by atoms with E-state index in [9.17, 15) is 9.59 Å². The minimum Gasteiger partial charge on any atom is -0.481 e. The maximum atomic E-state index is 13.0. The van der Waals surface area contributed by atoms with E-state index in [0.717, 1.165) is 12.1 Å². The zero-order valence-electron chi connectivity index (χ0n) is 13.7. The lowest BCUT2D eigenvalue weighted by Crippen LogP contribution is -2.51. The number of para-hydroxylation sites is 1. The fourth-order valence-electron chi connectivity index (χ4n) is 3.79. The van der Waals surface area contributed by atoms with Crippen LogP contribution in [0.4, 0.5) is 5.69 Å². The standard InChI is InChI=1S/C18H24N2O3/c1-12-11-15-5-3-4-6-16(15)20(12)17(21)13(2)19-9-7-14(8-10-19)18(22)23/h3-6,12-14H,7-11H2,1-2H3,(H,22,23). The Hall–Kier alpha value is -1.88. The van der Waals surface area contributed by atoms with E-state index in [-0.39, 0.29) is 23.9 Å². The second kappa shape index (κ2) is 6.32. The Morgan fingerprint density at radius 1 is 1.22 bits per heavy atom. The van der Waals surface area contributed by atoms with Gasteiger partial charge in [0, 0.05) is 11.7 Å².